The number of carbonyl (C=O) groups is 5. The molecule has 1 saturated carbocycles. The molecule has 1 heterocycles. The molecule has 4 amide bonds. The molecule has 0 bridgehead atoms. The van der Waals surface area contributed by atoms with Crippen LogP contribution in [0.4, 0.5) is 4.79 Å². The molecule has 4 rings (SSSR count). The molecule has 1 saturated heterocycles. The van der Waals surface area contributed by atoms with Gasteiger partial charge in [-0.15, -0.1) is 13.2 Å². The lowest BCUT2D eigenvalue weighted by Crippen LogP contribution is -2.59. The number of ketones is 1. The number of ether oxygens (including phenoxy) is 1. The van der Waals surface area contributed by atoms with E-state index < -0.39 is 41.8 Å². The van der Waals surface area contributed by atoms with E-state index in [1.54, 1.807) is 11.0 Å². The third-order valence-corrected chi connectivity index (χ3v) is 9.32. The number of hydrogen-bond acceptors (Lipinski definition) is 6. The Morgan fingerprint density at radius 1 is 1.05 bits per heavy atom. The molecule has 0 spiro atoms. The normalized spacial score (nSPS) is 22.7. The van der Waals surface area contributed by atoms with Crippen LogP contribution < -0.4 is 16.0 Å². The van der Waals surface area contributed by atoms with Crippen molar-refractivity contribution in [2.75, 3.05) is 19.7 Å². The van der Waals surface area contributed by atoms with E-state index in [-0.39, 0.29) is 54.6 Å². The number of Topliss-reactive ketones (excluding diaryl/α,β-unsaturated/α-hetero) is 1. The summed E-state index contributed by atoms with van der Waals surface area (Å²) in [6.45, 7) is 15.9. The van der Waals surface area contributed by atoms with Crippen LogP contribution in [0.15, 0.2) is 49.6 Å². The van der Waals surface area contributed by atoms with Crippen LogP contribution in [-0.4, -0.2) is 72.3 Å². The lowest BCUT2D eigenvalue weighted by atomic mass is 9.93. The maximum absolute atomic E-state index is 14.4. The van der Waals surface area contributed by atoms with Crippen LogP contribution in [0.25, 0.3) is 0 Å². The Labute approximate surface area is 260 Å². The van der Waals surface area contributed by atoms with Gasteiger partial charge in [0.15, 0.2) is 0 Å². The standard InChI is InChI=1S/C34H46N4O6/c1-7-9-14-25(29(39)31(41)35-15-8-2)36-30(40)28-26-24(34(26,5)6)18-38(28)32(42)27(37-33(43)44-19-20(3)4)23-16-21-12-10-11-13-22(21)17-23/h7-8,10-13,20,23-28H,1-2,9,14-19H2,3-6H3,(H,35,41)(H,36,40)(H,37,43). The van der Waals surface area contributed by atoms with Gasteiger partial charge in [0.25, 0.3) is 5.91 Å². The summed E-state index contributed by atoms with van der Waals surface area (Å²) >= 11 is 0. The number of piperidine rings is 1. The van der Waals surface area contributed by atoms with E-state index in [2.05, 4.69) is 43.0 Å². The first-order valence-electron chi connectivity index (χ1n) is 15.5. The van der Waals surface area contributed by atoms with Crippen LogP contribution in [0.3, 0.4) is 0 Å². The molecule has 0 aromatic heterocycles. The fourth-order valence-corrected chi connectivity index (χ4v) is 6.83. The molecule has 10 nitrogen and oxygen atoms in total. The lowest BCUT2D eigenvalue weighted by molar-refractivity contribution is -0.144. The number of nitrogens with zero attached hydrogens (tertiary/aromatic N) is 1. The summed E-state index contributed by atoms with van der Waals surface area (Å²) in [5.41, 5.74) is 2.08. The highest BCUT2D eigenvalue weighted by molar-refractivity contribution is 6.38. The fraction of sp³-hybridized carbons (Fsp3) is 0.559. The summed E-state index contributed by atoms with van der Waals surface area (Å²) in [7, 11) is 0. The molecule has 10 heteroatoms. The molecule has 238 valence electrons. The highest BCUT2D eigenvalue weighted by Gasteiger charge is 2.69. The number of benzene rings is 1. The second-order valence-corrected chi connectivity index (χ2v) is 13.2. The summed E-state index contributed by atoms with van der Waals surface area (Å²) in [4.78, 5) is 68.3. The monoisotopic (exact) mass is 606 g/mol. The van der Waals surface area contributed by atoms with Crippen LogP contribution in [0.1, 0.15) is 51.7 Å². The zero-order valence-electron chi connectivity index (χ0n) is 26.3. The van der Waals surface area contributed by atoms with Crippen LogP contribution in [0, 0.1) is 29.1 Å². The average molecular weight is 607 g/mol. The van der Waals surface area contributed by atoms with Crippen molar-refractivity contribution >= 4 is 29.6 Å². The Hall–Kier alpha value is -3.95. The summed E-state index contributed by atoms with van der Waals surface area (Å²) in [5.74, 6) is -2.51. The van der Waals surface area contributed by atoms with Gasteiger partial charge in [0.05, 0.1) is 12.6 Å². The van der Waals surface area contributed by atoms with E-state index in [1.807, 2.05) is 38.1 Å². The van der Waals surface area contributed by atoms with Gasteiger partial charge >= 0.3 is 6.09 Å². The highest BCUT2D eigenvalue weighted by atomic mass is 16.5. The largest absolute Gasteiger partial charge is 0.449 e. The molecule has 1 aromatic rings. The van der Waals surface area contributed by atoms with Crippen molar-refractivity contribution in [1.82, 2.24) is 20.9 Å². The summed E-state index contributed by atoms with van der Waals surface area (Å²) in [5, 5.41) is 8.12. The molecule has 1 aromatic carbocycles. The Morgan fingerprint density at radius 3 is 2.30 bits per heavy atom. The quantitative estimate of drug-likeness (QED) is 0.220. The first-order chi connectivity index (χ1) is 20.9. The molecular weight excluding hydrogens is 560 g/mol. The topological polar surface area (TPSA) is 134 Å². The van der Waals surface area contributed by atoms with Gasteiger partial charge in [0.1, 0.15) is 12.1 Å². The molecular formula is C34H46N4O6. The van der Waals surface area contributed by atoms with E-state index in [4.69, 9.17) is 4.74 Å². The SMILES string of the molecule is C=CCCC(NC(=O)C1C2C(CN1C(=O)C(NC(=O)OCC(C)C)C1Cc3ccccc3C1)C2(C)C)C(=O)C(=O)NCC=C. The zero-order chi connectivity index (χ0) is 32.2. The second kappa shape index (κ2) is 13.8. The van der Waals surface area contributed by atoms with Crippen molar-refractivity contribution in [3.8, 4) is 0 Å². The maximum Gasteiger partial charge on any atom is 0.407 e. The summed E-state index contributed by atoms with van der Waals surface area (Å²) < 4.78 is 5.40. The highest BCUT2D eigenvalue weighted by Crippen LogP contribution is 2.65. The van der Waals surface area contributed by atoms with Crippen molar-refractivity contribution in [3.05, 3.63) is 60.7 Å². The van der Waals surface area contributed by atoms with Gasteiger partial charge in [-0.2, -0.15) is 0 Å². The molecule has 2 fully saturated rings. The number of likely N-dealkylation sites (tertiary alicyclic amines) is 1. The zero-order valence-corrected chi connectivity index (χ0v) is 26.3. The van der Waals surface area contributed by atoms with Crippen LogP contribution in [0.2, 0.25) is 0 Å². The van der Waals surface area contributed by atoms with Gasteiger partial charge < -0.3 is 25.6 Å². The van der Waals surface area contributed by atoms with Gasteiger partial charge in [-0.3, -0.25) is 19.2 Å². The van der Waals surface area contributed by atoms with Crippen molar-refractivity contribution < 1.29 is 28.7 Å². The van der Waals surface area contributed by atoms with Crippen LogP contribution in [-0.2, 0) is 36.8 Å². The number of allylic oxidation sites excluding steroid dienone is 1. The first-order valence-corrected chi connectivity index (χ1v) is 15.5. The Bertz CT molecular complexity index is 1280. The first kappa shape index (κ1) is 33.0. The predicted molar refractivity (Wildman–Crippen MR) is 166 cm³/mol. The Morgan fingerprint density at radius 2 is 1.70 bits per heavy atom. The number of fused-ring (bicyclic) bond motifs is 2. The average Bonchev–Trinajstić information content (AvgIpc) is 3.36. The Kier molecular flexibility index (Phi) is 10.3. The van der Waals surface area contributed by atoms with E-state index in [0.29, 0.717) is 25.8 Å². The van der Waals surface area contributed by atoms with E-state index in [0.717, 1.165) is 11.1 Å². The van der Waals surface area contributed by atoms with Crippen LogP contribution in [0.5, 0.6) is 0 Å². The number of amides is 4. The fourth-order valence-electron chi connectivity index (χ4n) is 6.83. The number of nitrogens with one attached hydrogen (secondary N) is 3. The van der Waals surface area contributed by atoms with Crippen LogP contribution >= 0.6 is 0 Å². The Balaban J connectivity index is 1.58. The van der Waals surface area contributed by atoms with Gasteiger partial charge in [-0.05, 0) is 65.9 Å². The molecule has 0 radical (unpaired) electrons. The molecule has 5 atom stereocenters. The van der Waals surface area contributed by atoms with Crippen molar-refractivity contribution in [2.45, 2.75) is 71.5 Å². The van der Waals surface area contributed by atoms with Crippen molar-refractivity contribution in [2.24, 2.45) is 29.1 Å². The third-order valence-electron chi connectivity index (χ3n) is 9.32. The van der Waals surface area contributed by atoms with Crippen molar-refractivity contribution in [3.63, 3.8) is 0 Å². The third kappa shape index (κ3) is 7.05. The maximum atomic E-state index is 14.4. The van der Waals surface area contributed by atoms with Gasteiger partial charge in [0, 0.05) is 13.1 Å². The molecule has 2 aliphatic carbocycles. The molecule has 3 N–H and O–H groups in total. The van der Waals surface area contributed by atoms with E-state index in [9.17, 15) is 24.0 Å². The minimum absolute atomic E-state index is 0.0923. The summed E-state index contributed by atoms with van der Waals surface area (Å²) in [6, 6.07) is 5.15. The minimum Gasteiger partial charge on any atom is -0.449 e. The van der Waals surface area contributed by atoms with E-state index in [1.165, 1.54) is 6.08 Å². The van der Waals surface area contributed by atoms with E-state index >= 15 is 0 Å². The van der Waals surface area contributed by atoms with Gasteiger partial charge in [0.2, 0.25) is 17.6 Å². The van der Waals surface area contributed by atoms with Crippen molar-refractivity contribution in [1.29, 1.82) is 0 Å². The van der Waals surface area contributed by atoms with Gasteiger partial charge in [-0.1, -0.05) is 64.1 Å². The smallest absolute Gasteiger partial charge is 0.407 e. The van der Waals surface area contributed by atoms with Gasteiger partial charge in [-0.25, -0.2) is 4.79 Å². The number of alkyl carbamates (subject to hydrolysis) is 1. The molecule has 3 aliphatic rings. The summed E-state index contributed by atoms with van der Waals surface area (Å²) in [6.07, 6.45) is 4.23. The minimum atomic E-state index is -1.08. The molecule has 5 unspecified atom stereocenters. The predicted octanol–water partition coefficient (Wildman–Crippen LogP) is 2.96. The molecule has 1 aliphatic heterocycles. The second-order valence-electron chi connectivity index (χ2n) is 13.2. The molecule has 44 heavy (non-hydrogen) atoms. The number of hydrogen-bond donors (Lipinski definition) is 3. The number of rotatable bonds is 14. The lowest BCUT2D eigenvalue weighted by Gasteiger charge is -2.35. The number of carbonyl (C=O) groups excluding carboxylic acids is 5.